The summed E-state index contributed by atoms with van der Waals surface area (Å²) in [7, 11) is 0. The Bertz CT molecular complexity index is 1040. The van der Waals surface area contributed by atoms with Gasteiger partial charge in [0.15, 0.2) is 6.29 Å². The number of carbonyl (C=O) groups is 2. The first-order chi connectivity index (χ1) is 15.0. The Morgan fingerprint density at radius 3 is 2.71 bits per heavy atom. The zero-order chi connectivity index (χ0) is 22.2. The van der Waals surface area contributed by atoms with Gasteiger partial charge in [-0.1, -0.05) is 46.1 Å². The molecule has 0 atom stereocenters. The second-order valence-electron chi connectivity index (χ2n) is 7.06. The van der Waals surface area contributed by atoms with E-state index in [0.29, 0.717) is 35.1 Å². The smallest absolute Gasteiger partial charge is 0.220 e. The predicted molar refractivity (Wildman–Crippen MR) is 128 cm³/mol. The molecule has 9 heteroatoms. The molecule has 1 amide bonds. The fraction of sp³-hybridized carbons (Fsp3) is 0.273. The van der Waals surface area contributed by atoms with Gasteiger partial charge in [0.25, 0.3) is 0 Å². The van der Waals surface area contributed by atoms with Crippen LogP contribution in [0.1, 0.15) is 41.7 Å². The lowest BCUT2D eigenvalue weighted by Crippen LogP contribution is -2.22. The van der Waals surface area contributed by atoms with Crippen LogP contribution in [-0.2, 0) is 11.3 Å². The highest BCUT2D eigenvalue weighted by atomic mass is 79.9. The van der Waals surface area contributed by atoms with Crippen LogP contribution < -0.4 is 5.32 Å². The van der Waals surface area contributed by atoms with Gasteiger partial charge >= 0.3 is 0 Å². The maximum Gasteiger partial charge on any atom is 0.220 e. The summed E-state index contributed by atoms with van der Waals surface area (Å²) in [4.78, 5) is 27.1. The first kappa shape index (κ1) is 23.8. The Hall–Kier alpha value is -1.84. The number of hydroxylamine groups is 1. The molecule has 0 aliphatic carbocycles. The minimum Gasteiger partial charge on any atom is -0.352 e. The van der Waals surface area contributed by atoms with E-state index in [1.54, 1.807) is 12.1 Å². The van der Waals surface area contributed by atoms with Gasteiger partial charge in [-0.25, -0.2) is 0 Å². The Labute approximate surface area is 198 Å². The standard InChI is InChI=1S/C22H23BrClN3O3S/c23-16-7-10-19-18(12-16)22(20(14-28)26-19)31-27(30)11-3-1-2-4-21(29)25-13-15-5-8-17(24)9-6-15/h5-10,12,14,26,30H,1-4,11,13H2,(H,25,29). The number of aromatic nitrogens is 1. The molecule has 3 rings (SSSR count). The molecule has 164 valence electrons. The molecule has 0 saturated heterocycles. The molecular weight excluding hydrogens is 502 g/mol. The Balaban J connectivity index is 1.38. The number of rotatable bonds is 11. The molecule has 0 bridgehead atoms. The molecular formula is C22H23BrClN3O3S. The van der Waals surface area contributed by atoms with Crippen molar-refractivity contribution in [1.29, 1.82) is 0 Å². The van der Waals surface area contributed by atoms with Gasteiger partial charge in [-0.15, -0.1) is 4.47 Å². The summed E-state index contributed by atoms with van der Waals surface area (Å²) >= 11 is 10.4. The number of nitrogens with zero attached hydrogens (tertiary/aromatic N) is 1. The number of amides is 1. The number of halogens is 2. The van der Waals surface area contributed by atoms with Crippen molar-refractivity contribution < 1.29 is 14.8 Å². The third-order valence-electron chi connectivity index (χ3n) is 4.71. The van der Waals surface area contributed by atoms with E-state index in [-0.39, 0.29) is 5.91 Å². The molecule has 1 aromatic heterocycles. The van der Waals surface area contributed by atoms with E-state index >= 15 is 0 Å². The number of unbranched alkanes of at least 4 members (excludes halogenated alkanes) is 2. The zero-order valence-corrected chi connectivity index (χ0v) is 19.9. The molecule has 3 N–H and O–H groups in total. The van der Waals surface area contributed by atoms with Crippen molar-refractivity contribution in [2.75, 3.05) is 6.54 Å². The van der Waals surface area contributed by atoms with Gasteiger partial charge < -0.3 is 15.5 Å². The maximum atomic E-state index is 12.0. The first-order valence-electron chi connectivity index (χ1n) is 9.88. The van der Waals surface area contributed by atoms with Crippen LogP contribution in [0.25, 0.3) is 10.9 Å². The van der Waals surface area contributed by atoms with E-state index in [4.69, 9.17) is 11.6 Å². The quantitative estimate of drug-likeness (QED) is 0.124. The van der Waals surface area contributed by atoms with Gasteiger partial charge in [0.2, 0.25) is 5.91 Å². The van der Waals surface area contributed by atoms with Crippen LogP contribution in [0.15, 0.2) is 51.8 Å². The van der Waals surface area contributed by atoms with Gasteiger partial charge in [0, 0.05) is 39.9 Å². The summed E-state index contributed by atoms with van der Waals surface area (Å²) in [6, 6.07) is 13.1. The molecule has 1 heterocycles. The molecule has 0 radical (unpaired) electrons. The number of carbonyl (C=O) groups excluding carboxylic acids is 2. The first-order valence-corrected chi connectivity index (χ1v) is 11.8. The number of benzene rings is 2. The second-order valence-corrected chi connectivity index (χ2v) is 9.42. The van der Waals surface area contributed by atoms with E-state index in [0.717, 1.165) is 62.9 Å². The van der Waals surface area contributed by atoms with Crippen LogP contribution in [-0.4, -0.2) is 33.4 Å². The Morgan fingerprint density at radius 2 is 1.97 bits per heavy atom. The number of aromatic amines is 1. The lowest BCUT2D eigenvalue weighted by molar-refractivity contribution is -0.121. The topological polar surface area (TPSA) is 85.4 Å². The summed E-state index contributed by atoms with van der Waals surface area (Å²) in [5.74, 6) is 0.00479. The molecule has 3 aromatic rings. The highest BCUT2D eigenvalue weighted by Crippen LogP contribution is 2.34. The zero-order valence-electron chi connectivity index (χ0n) is 16.7. The summed E-state index contributed by atoms with van der Waals surface area (Å²) in [5.41, 5.74) is 2.28. The lowest BCUT2D eigenvalue weighted by Gasteiger charge is -2.13. The minimum atomic E-state index is 0.00479. The molecule has 0 spiro atoms. The highest BCUT2D eigenvalue weighted by Gasteiger charge is 2.15. The van der Waals surface area contributed by atoms with E-state index in [1.165, 1.54) is 0 Å². The molecule has 6 nitrogen and oxygen atoms in total. The van der Waals surface area contributed by atoms with Crippen molar-refractivity contribution in [1.82, 2.24) is 14.8 Å². The van der Waals surface area contributed by atoms with Crippen molar-refractivity contribution in [3.05, 3.63) is 63.2 Å². The fourth-order valence-corrected chi connectivity index (χ4v) is 4.48. The van der Waals surface area contributed by atoms with Crippen molar-refractivity contribution >= 4 is 62.6 Å². The largest absolute Gasteiger partial charge is 0.352 e. The van der Waals surface area contributed by atoms with E-state index < -0.39 is 0 Å². The number of hydrogen-bond donors (Lipinski definition) is 3. The number of H-pyrrole nitrogens is 1. The summed E-state index contributed by atoms with van der Waals surface area (Å²) < 4.78 is 2.04. The van der Waals surface area contributed by atoms with Crippen LogP contribution in [0.5, 0.6) is 0 Å². The average molecular weight is 525 g/mol. The van der Waals surface area contributed by atoms with Crippen LogP contribution >= 0.6 is 39.5 Å². The van der Waals surface area contributed by atoms with Crippen LogP contribution in [0.3, 0.4) is 0 Å². The molecule has 0 unspecified atom stereocenters. The third kappa shape index (κ3) is 7.08. The predicted octanol–water partition coefficient (Wildman–Crippen LogP) is 5.97. The van der Waals surface area contributed by atoms with Gasteiger partial charge in [-0.3, -0.25) is 9.59 Å². The Kier molecular flexibility index (Phi) is 8.98. The van der Waals surface area contributed by atoms with Crippen molar-refractivity contribution in [2.45, 2.75) is 37.1 Å². The van der Waals surface area contributed by atoms with Gasteiger partial charge in [-0.2, -0.15) is 0 Å². The normalized spacial score (nSPS) is 11.2. The number of nitrogens with one attached hydrogen (secondary N) is 2. The summed E-state index contributed by atoms with van der Waals surface area (Å²) in [6.07, 6.45) is 3.48. The molecule has 0 aliphatic rings. The SMILES string of the molecule is O=Cc1[nH]c2ccc(Br)cc2c1SN(O)CCCCCC(=O)NCc1ccc(Cl)cc1. The molecule has 2 aromatic carbocycles. The highest BCUT2D eigenvalue weighted by molar-refractivity contribution is 9.10. The summed E-state index contributed by atoms with van der Waals surface area (Å²) in [6.45, 7) is 0.910. The average Bonchev–Trinajstić information content (AvgIpc) is 3.09. The van der Waals surface area contributed by atoms with Crippen molar-refractivity contribution in [3.8, 4) is 0 Å². The van der Waals surface area contributed by atoms with Gasteiger partial charge in [0.05, 0.1) is 10.6 Å². The Morgan fingerprint density at radius 1 is 1.19 bits per heavy atom. The molecule has 0 saturated carbocycles. The van der Waals surface area contributed by atoms with Gasteiger partial charge in [0.1, 0.15) is 0 Å². The van der Waals surface area contributed by atoms with E-state index in [1.807, 2.05) is 30.3 Å². The van der Waals surface area contributed by atoms with E-state index in [9.17, 15) is 14.8 Å². The third-order valence-corrected chi connectivity index (χ3v) is 6.47. The number of fused-ring (bicyclic) bond motifs is 1. The molecule has 0 fully saturated rings. The van der Waals surface area contributed by atoms with Crippen LogP contribution in [0.2, 0.25) is 5.02 Å². The number of hydrogen-bond acceptors (Lipinski definition) is 5. The lowest BCUT2D eigenvalue weighted by atomic mass is 10.2. The number of aldehydes is 1. The summed E-state index contributed by atoms with van der Waals surface area (Å²) in [5, 5.41) is 14.7. The van der Waals surface area contributed by atoms with Crippen LogP contribution in [0.4, 0.5) is 0 Å². The van der Waals surface area contributed by atoms with Crippen molar-refractivity contribution in [2.24, 2.45) is 0 Å². The minimum absolute atomic E-state index is 0.00479. The maximum absolute atomic E-state index is 12.0. The molecule has 31 heavy (non-hydrogen) atoms. The van der Waals surface area contributed by atoms with Gasteiger partial charge in [-0.05, 0) is 60.7 Å². The van der Waals surface area contributed by atoms with Crippen LogP contribution in [0, 0.1) is 0 Å². The van der Waals surface area contributed by atoms with E-state index in [2.05, 4.69) is 26.2 Å². The molecule has 0 aliphatic heterocycles. The monoisotopic (exact) mass is 523 g/mol. The second kappa shape index (κ2) is 11.7. The van der Waals surface area contributed by atoms with Crippen molar-refractivity contribution in [3.63, 3.8) is 0 Å². The fourth-order valence-electron chi connectivity index (χ4n) is 3.09.